The maximum absolute atomic E-state index is 9.42. The normalized spacial score (nSPS) is 17.6. The first-order valence-electron chi connectivity index (χ1n) is 8.79. The SMILES string of the molecule is CN(CCc1ccc(Br)cc1)c1cc(N2CCCC(CO)C2)ncn1. The van der Waals surface area contributed by atoms with Crippen molar-refractivity contribution < 1.29 is 5.11 Å². The van der Waals surface area contributed by atoms with E-state index in [9.17, 15) is 5.11 Å². The summed E-state index contributed by atoms with van der Waals surface area (Å²) >= 11 is 3.47. The third-order valence-electron chi connectivity index (χ3n) is 4.78. The van der Waals surface area contributed by atoms with E-state index in [4.69, 9.17) is 0 Å². The molecule has 1 fully saturated rings. The van der Waals surface area contributed by atoms with Gasteiger partial charge in [0.1, 0.15) is 18.0 Å². The quantitative estimate of drug-likeness (QED) is 0.801. The van der Waals surface area contributed by atoms with Crippen LogP contribution in [0, 0.1) is 5.92 Å². The molecule has 0 bridgehead atoms. The number of halogens is 1. The molecule has 1 aliphatic heterocycles. The first kappa shape index (κ1) is 18.1. The molecule has 0 spiro atoms. The van der Waals surface area contributed by atoms with E-state index in [2.05, 4.69) is 73.1 Å². The van der Waals surface area contributed by atoms with E-state index in [1.165, 1.54) is 5.56 Å². The van der Waals surface area contributed by atoms with Gasteiger partial charge in [-0.2, -0.15) is 0 Å². The molecular weight excluding hydrogens is 380 g/mol. The molecule has 3 rings (SSSR count). The summed E-state index contributed by atoms with van der Waals surface area (Å²) in [5.74, 6) is 2.24. The van der Waals surface area contributed by atoms with Gasteiger partial charge in [-0.3, -0.25) is 0 Å². The molecule has 0 aliphatic carbocycles. The Morgan fingerprint density at radius 3 is 2.84 bits per heavy atom. The fourth-order valence-corrected chi connectivity index (χ4v) is 3.47. The lowest BCUT2D eigenvalue weighted by molar-refractivity contribution is 0.208. The van der Waals surface area contributed by atoms with Crippen LogP contribution in [0.1, 0.15) is 18.4 Å². The van der Waals surface area contributed by atoms with Gasteiger partial charge < -0.3 is 14.9 Å². The first-order valence-corrected chi connectivity index (χ1v) is 9.58. The molecule has 1 atom stereocenters. The van der Waals surface area contributed by atoms with E-state index in [-0.39, 0.29) is 6.61 Å². The van der Waals surface area contributed by atoms with Crippen LogP contribution in [0.4, 0.5) is 11.6 Å². The summed E-state index contributed by atoms with van der Waals surface area (Å²) in [6.07, 6.45) is 4.81. The number of aliphatic hydroxyl groups excluding tert-OH is 1. The minimum atomic E-state index is 0.252. The topological polar surface area (TPSA) is 52.5 Å². The van der Waals surface area contributed by atoms with Gasteiger partial charge in [0, 0.05) is 43.8 Å². The Balaban J connectivity index is 1.62. The molecule has 0 amide bonds. The molecule has 134 valence electrons. The Morgan fingerprint density at radius 1 is 1.28 bits per heavy atom. The summed E-state index contributed by atoms with van der Waals surface area (Å²) in [4.78, 5) is 13.3. The number of piperidine rings is 1. The van der Waals surface area contributed by atoms with Gasteiger partial charge >= 0.3 is 0 Å². The number of hydrogen-bond donors (Lipinski definition) is 1. The number of likely N-dealkylation sites (N-methyl/N-ethyl adjacent to an activating group) is 1. The van der Waals surface area contributed by atoms with Gasteiger partial charge in [-0.15, -0.1) is 0 Å². The summed E-state index contributed by atoms with van der Waals surface area (Å²) in [5.41, 5.74) is 1.31. The van der Waals surface area contributed by atoms with E-state index in [1.807, 2.05) is 0 Å². The zero-order valence-corrected chi connectivity index (χ0v) is 16.2. The molecule has 1 aliphatic rings. The van der Waals surface area contributed by atoms with Crippen LogP contribution in [0.15, 0.2) is 41.1 Å². The molecule has 1 aromatic carbocycles. The van der Waals surface area contributed by atoms with Crippen molar-refractivity contribution in [2.45, 2.75) is 19.3 Å². The molecule has 1 unspecified atom stereocenters. The molecule has 5 nitrogen and oxygen atoms in total. The van der Waals surface area contributed by atoms with E-state index in [0.29, 0.717) is 5.92 Å². The highest BCUT2D eigenvalue weighted by Gasteiger charge is 2.20. The smallest absolute Gasteiger partial charge is 0.134 e. The van der Waals surface area contributed by atoms with Crippen molar-refractivity contribution in [1.82, 2.24) is 9.97 Å². The van der Waals surface area contributed by atoms with Crippen molar-refractivity contribution in [3.8, 4) is 0 Å². The van der Waals surface area contributed by atoms with Crippen molar-refractivity contribution in [3.05, 3.63) is 46.7 Å². The van der Waals surface area contributed by atoms with Gasteiger partial charge in [0.15, 0.2) is 0 Å². The molecule has 2 aromatic rings. The van der Waals surface area contributed by atoms with Crippen molar-refractivity contribution >= 4 is 27.6 Å². The molecule has 1 N–H and O–H groups in total. The fourth-order valence-electron chi connectivity index (χ4n) is 3.20. The van der Waals surface area contributed by atoms with E-state index in [0.717, 1.165) is 55.0 Å². The minimum absolute atomic E-state index is 0.252. The monoisotopic (exact) mass is 404 g/mol. The first-order chi connectivity index (χ1) is 12.2. The van der Waals surface area contributed by atoms with Crippen LogP contribution in [-0.2, 0) is 6.42 Å². The van der Waals surface area contributed by atoms with E-state index >= 15 is 0 Å². The number of anilines is 2. The Kier molecular flexibility index (Phi) is 6.26. The number of hydrogen-bond acceptors (Lipinski definition) is 5. The van der Waals surface area contributed by atoms with Crippen LogP contribution < -0.4 is 9.80 Å². The van der Waals surface area contributed by atoms with Gasteiger partial charge in [0.2, 0.25) is 0 Å². The summed E-state index contributed by atoms with van der Waals surface area (Å²) in [5, 5.41) is 9.42. The molecular formula is C19H25BrN4O. The molecule has 0 radical (unpaired) electrons. The van der Waals surface area contributed by atoms with Crippen LogP contribution >= 0.6 is 15.9 Å². The number of aliphatic hydroxyl groups is 1. The Morgan fingerprint density at radius 2 is 2.08 bits per heavy atom. The Hall–Kier alpha value is -1.66. The zero-order valence-electron chi connectivity index (χ0n) is 14.6. The minimum Gasteiger partial charge on any atom is -0.396 e. The molecule has 6 heteroatoms. The largest absolute Gasteiger partial charge is 0.396 e. The predicted octanol–water partition coefficient (Wildman–Crippen LogP) is 3.13. The molecule has 25 heavy (non-hydrogen) atoms. The lowest BCUT2D eigenvalue weighted by Crippen LogP contribution is -2.37. The number of aromatic nitrogens is 2. The fraction of sp³-hybridized carbons (Fsp3) is 0.474. The highest BCUT2D eigenvalue weighted by Crippen LogP contribution is 2.23. The van der Waals surface area contributed by atoms with Crippen molar-refractivity contribution in [2.24, 2.45) is 5.92 Å². The lowest BCUT2D eigenvalue weighted by Gasteiger charge is -2.33. The average molecular weight is 405 g/mol. The molecule has 0 saturated carbocycles. The van der Waals surface area contributed by atoms with Crippen molar-refractivity contribution in [3.63, 3.8) is 0 Å². The highest BCUT2D eigenvalue weighted by atomic mass is 79.9. The number of nitrogens with zero attached hydrogens (tertiary/aromatic N) is 4. The van der Waals surface area contributed by atoms with Gasteiger partial charge in [-0.05, 0) is 42.9 Å². The second kappa shape index (κ2) is 8.63. The van der Waals surface area contributed by atoms with Crippen LogP contribution in [0.2, 0.25) is 0 Å². The molecule has 2 heterocycles. The summed E-state index contributed by atoms with van der Waals surface area (Å²) < 4.78 is 1.10. The van der Waals surface area contributed by atoms with Crippen molar-refractivity contribution in [2.75, 3.05) is 43.1 Å². The van der Waals surface area contributed by atoms with Crippen LogP contribution in [0.25, 0.3) is 0 Å². The van der Waals surface area contributed by atoms with Crippen LogP contribution in [0.5, 0.6) is 0 Å². The van der Waals surface area contributed by atoms with Gasteiger partial charge in [-0.1, -0.05) is 28.1 Å². The van der Waals surface area contributed by atoms with Gasteiger partial charge in [0.25, 0.3) is 0 Å². The summed E-state index contributed by atoms with van der Waals surface area (Å²) in [6, 6.07) is 10.5. The number of rotatable bonds is 6. The summed E-state index contributed by atoms with van der Waals surface area (Å²) in [7, 11) is 2.07. The van der Waals surface area contributed by atoms with E-state index < -0.39 is 0 Å². The van der Waals surface area contributed by atoms with Crippen LogP contribution in [0.3, 0.4) is 0 Å². The Labute approximate surface area is 157 Å². The summed E-state index contributed by atoms with van der Waals surface area (Å²) in [6.45, 7) is 3.02. The van der Waals surface area contributed by atoms with E-state index in [1.54, 1.807) is 6.33 Å². The zero-order chi connectivity index (χ0) is 17.6. The van der Waals surface area contributed by atoms with Gasteiger partial charge in [-0.25, -0.2) is 9.97 Å². The molecule has 1 saturated heterocycles. The predicted molar refractivity (Wildman–Crippen MR) is 105 cm³/mol. The number of benzene rings is 1. The van der Waals surface area contributed by atoms with Crippen LogP contribution in [-0.4, -0.2) is 48.4 Å². The highest BCUT2D eigenvalue weighted by molar-refractivity contribution is 9.10. The van der Waals surface area contributed by atoms with Crippen molar-refractivity contribution in [1.29, 1.82) is 0 Å². The average Bonchev–Trinajstić information content (AvgIpc) is 2.67. The maximum Gasteiger partial charge on any atom is 0.134 e. The standard InChI is InChI=1S/C19H25BrN4O/c1-23(10-8-15-4-6-17(20)7-5-15)18-11-19(22-14-21-18)24-9-2-3-16(12-24)13-25/h4-7,11,14,16,25H,2-3,8-10,12-13H2,1H3. The maximum atomic E-state index is 9.42. The molecule has 1 aromatic heterocycles. The second-order valence-electron chi connectivity index (χ2n) is 6.67. The second-order valence-corrected chi connectivity index (χ2v) is 7.58. The lowest BCUT2D eigenvalue weighted by atomic mass is 9.99. The van der Waals surface area contributed by atoms with Gasteiger partial charge in [0.05, 0.1) is 0 Å². The third kappa shape index (κ3) is 4.92. The third-order valence-corrected chi connectivity index (χ3v) is 5.31. The Bertz CT molecular complexity index is 679.